The van der Waals surface area contributed by atoms with Gasteiger partial charge < -0.3 is 10.4 Å². The molecule has 2 rings (SSSR count). The SMILES string of the molecule is O=C(NC(CC(F)(F)F)C(=O)O)c1cccc(-n2cnnn2)c1. The van der Waals surface area contributed by atoms with Crippen LogP contribution in [-0.4, -0.2) is 49.4 Å². The Morgan fingerprint density at radius 1 is 1.35 bits per heavy atom. The van der Waals surface area contributed by atoms with Gasteiger partial charge >= 0.3 is 12.1 Å². The van der Waals surface area contributed by atoms with Crippen molar-refractivity contribution in [1.29, 1.82) is 0 Å². The Morgan fingerprint density at radius 3 is 2.65 bits per heavy atom. The second kappa shape index (κ2) is 6.42. The molecule has 0 aliphatic rings. The molecular formula is C12H10F3N5O3. The molecule has 23 heavy (non-hydrogen) atoms. The van der Waals surface area contributed by atoms with E-state index in [4.69, 9.17) is 5.11 Å². The highest BCUT2D eigenvalue weighted by molar-refractivity contribution is 5.97. The maximum absolute atomic E-state index is 12.3. The number of aromatic nitrogens is 4. The van der Waals surface area contributed by atoms with Crippen LogP contribution in [0.5, 0.6) is 0 Å². The van der Waals surface area contributed by atoms with Crippen molar-refractivity contribution in [3.8, 4) is 5.69 Å². The third-order valence-corrected chi connectivity index (χ3v) is 2.76. The average molecular weight is 329 g/mol. The molecule has 1 unspecified atom stereocenters. The first kappa shape index (κ1) is 16.4. The minimum absolute atomic E-state index is 0.0218. The highest BCUT2D eigenvalue weighted by atomic mass is 19.4. The van der Waals surface area contributed by atoms with E-state index in [0.717, 1.165) is 0 Å². The van der Waals surface area contributed by atoms with Crippen LogP contribution in [-0.2, 0) is 4.79 Å². The first-order chi connectivity index (χ1) is 10.8. The number of carbonyl (C=O) groups excluding carboxylic acids is 1. The molecule has 1 aromatic carbocycles. The van der Waals surface area contributed by atoms with Crippen LogP contribution in [0.15, 0.2) is 30.6 Å². The number of tetrazole rings is 1. The highest BCUT2D eigenvalue weighted by Gasteiger charge is 2.36. The van der Waals surface area contributed by atoms with Gasteiger partial charge in [0.25, 0.3) is 5.91 Å². The Bertz CT molecular complexity index is 702. The number of carboxylic acids is 1. The lowest BCUT2D eigenvalue weighted by Crippen LogP contribution is -2.43. The van der Waals surface area contributed by atoms with E-state index >= 15 is 0 Å². The van der Waals surface area contributed by atoms with Gasteiger partial charge in [0.2, 0.25) is 0 Å². The number of hydrogen-bond donors (Lipinski definition) is 2. The number of nitrogens with zero attached hydrogens (tertiary/aromatic N) is 4. The van der Waals surface area contributed by atoms with Gasteiger partial charge in [-0.25, -0.2) is 9.48 Å². The van der Waals surface area contributed by atoms with E-state index in [-0.39, 0.29) is 5.56 Å². The van der Waals surface area contributed by atoms with Gasteiger partial charge in [-0.2, -0.15) is 13.2 Å². The van der Waals surface area contributed by atoms with Crippen LogP contribution in [0.4, 0.5) is 13.2 Å². The molecule has 0 bridgehead atoms. The number of rotatable bonds is 5. The van der Waals surface area contributed by atoms with E-state index < -0.39 is 30.5 Å². The summed E-state index contributed by atoms with van der Waals surface area (Å²) in [5.41, 5.74) is 0.372. The number of hydrogen-bond acceptors (Lipinski definition) is 5. The summed E-state index contributed by atoms with van der Waals surface area (Å²) in [6.07, 6.45) is -5.12. The molecule has 0 radical (unpaired) electrons. The Hall–Kier alpha value is -2.98. The molecule has 0 aliphatic heterocycles. The highest BCUT2D eigenvalue weighted by Crippen LogP contribution is 2.22. The van der Waals surface area contributed by atoms with Crippen molar-refractivity contribution in [2.45, 2.75) is 18.6 Å². The number of carboxylic acid groups (broad SMARTS) is 1. The van der Waals surface area contributed by atoms with E-state index in [1.807, 2.05) is 5.32 Å². The molecule has 122 valence electrons. The predicted octanol–water partition coefficient (Wildman–Crippen LogP) is 0.798. The maximum Gasteiger partial charge on any atom is 0.391 e. The summed E-state index contributed by atoms with van der Waals surface area (Å²) in [7, 11) is 0. The number of aliphatic carboxylic acids is 1. The van der Waals surface area contributed by atoms with E-state index in [2.05, 4.69) is 15.5 Å². The first-order valence-corrected chi connectivity index (χ1v) is 6.20. The molecule has 0 aliphatic carbocycles. The van der Waals surface area contributed by atoms with E-state index in [1.165, 1.54) is 29.2 Å². The van der Waals surface area contributed by atoms with Gasteiger partial charge in [-0.3, -0.25) is 4.79 Å². The van der Waals surface area contributed by atoms with Crippen molar-refractivity contribution in [3.63, 3.8) is 0 Å². The van der Waals surface area contributed by atoms with Crippen LogP contribution in [0.3, 0.4) is 0 Å². The molecule has 0 fully saturated rings. The Kier molecular flexibility index (Phi) is 4.57. The summed E-state index contributed by atoms with van der Waals surface area (Å²) in [5, 5.41) is 21.1. The maximum atomic E-state index is 12.3. The van der Waals surface area contributed by atoms with Crippen molar-refractivity contribution in [2.24, 2.45) is 0 Å². The number of nitrogens with one attached hydrogen (secondary N) is 1. The molecule has 1 aromatic heterocycles. The van der Waals surface area contributed by atoms with Crippen molar-refractivity contribution in [2.75, 3.05) is 0 Å². The van der Waals surface area contributed by atoms with Crippen LogP contribution < -0.4 is 5.32 Å². The second-order valence-electron chi connectivity index (χ2n) is 4.49. The minimum Gasteiger partial charge on any atom is -0.480 e. The van der Waals surface area contributed by atoms with Crippen LogP contribution in [0, 0.1) is 0 Å². The van der Waals surface area contributed by atoms with Gasteiger partial charge in [0.1, 0.15) is 12.4 Å². The van der Waals surface area contributed by atoms with Crippen molar-refractivity contribution in [1.82, 2.24) is 25.5 Å². The number of carbonyl (C=O) groups is 2. The molecule has 1 amide bonds. The summed E-state index contributed by atoms with van der Waals surface area (Å²) in [6.45, 7) is 0. The molecule has 2 aromatic rings. The smallest absolute Gasteiger partial charge is 0.391 e. The second-order valence-corrected chi connectivity index (χ2v) is 4.49. The van der Waals surface area contributed by atoms with Crippen LogP contribution in [0.2, 0.25) is 0 Å². The minimum atomic E-state index is -4.72. The molecule has 8 nitrogen and oxygen atoms in total. The summed E-state index contributed by atoms with van der Waals surface area (Å²) < 4.78 is 38.2. The Labute approximate surface area is 126 Å². The van der Waals surface area contributed by atoms with Gasteiger partial charge in [-0.1, -0.05) is 6.07 Å². The molecule has 0 spiro atoms. The molecule has 0 saturated heterocycles. The number of halogens is 3. The van der Waals surface area contributed by atoms with Crippen molar-refractivity contribution < 1.29 is 27.9 Å². The standard InChI is InChI=1S/C12H10F3N5O3/c13-12(14,15)5-9(11(22)23)17-10(21)7-2-1-3-8(4-7)20-6-16-18-19-20/h1-4,6,9H,5H2,(H,17,21)(H,22,23). The zero-order valence-corrected chi connectivity index (χ0v) is 11.4. The van der Waals surface area contributed by atoms with Crippen LogP contribution in [0.1, 0.15) is 16.8 Å². The van der Waals surface area contributed by atoms with E-state index in [9.17, 15) is 22.8 Å². The quantitative estimate of drug-likeness (QED) is 0.839. The normalized spacial score (nSPS) is 12.7. The van der Waals surface area contributed by atoms with Gasteiger partial charge in [0.15, 0.2) is 0 Å². The summed E-state index contributed by atoms with van der Waals surface area (Å²) in [5.74, 6) is -2.72. The third-order valence-electron chi connectivity index (χ3n) is 2.76. The Morgan fingerprint density at radius 2 is 2.09 bits per heavy atom. The molecule has 1 atom stereocenters. The summed E-state index contributed by atoms with van der Waals surface area (Å²) in [4.78, 5) is 22.8. The third kappa shape index (κ3) is 4.49. The summed E-state index contributed by atoms with van der Waals surface area (Å²) in [6, 6.07) is 3.61. The molecule has 1 heterocycles. The number of alkyl halides is 3. The van der Waals surface area contributed by atoms with Crippen LogP contribution in [0.25, 0.3) is 5.69 Å². The summed E-state index contributed by atoms with van der Waals surface area (Å²) >= 11 is 0. The van der Waals surface area contributed by atoms with Crippen LogP contribution >= 0.6 is 0 Å². The van der Waals surface area contributed by atoms with Gasteiger partial charge in [-0.15, -0.1) is 5.10 Å². The Balaban J connectivity index is 2.16. The lowest BCUT2D eigenvalue weighted by Gasteiger charge is -2.16. The fourth-order valence-corrected chi connectivity index (χ4v) is 1.74. The van der Waals surface area contributed by atoms with Crippen molar-refractivity contribution >= 4 is 11.9 Å². The van der Waals surface area contributed by atoms with E-state index in [0.29, 0.717) is 5.69 Å². The first-order valence-electron chi connectivity index (χ1n) is 6.20. The zero-order chi connectivity index (χ0) is 17.0. The molecule has 11 heteroatoms. The lowest BCUT2D eigenvalue weighted by molar-refractivity contribution is -0.157. The average Bonchev–Trinajstić information content (AvgIpc) is 2.99. The topological polar surface area (TPSA) is 110 Å². The van der Waals surface area contributed by atoms with Gasteiger partial charge in [0.05, 0.1) is 12.1 Å². The fourth-order valence-electron chi connectivity index (χ4n) is 1.74. The fraction of sp³-hybridized carbons (Fsp3) is 0.250. The number of amides is 1. The largest absolute Gasteiger partial charge is 0.480 e. The monoisotopic (exact) mass is 329 g/mol. The van der Waals surface area contributed by atoms with E-state index in [1.54, 1.807) is 6.07 Å². The molecule has 2 N–H and O–H groups in total. The van der Waals surface area contributed by atoms with Gasteiger partial charge in [-0.05, 0) is 28.6 Å². The zero-order valence-electron chi connectivity index (χ0n) is 11.4. The van der Waals surface area contributed by atoms with Crippen molar-refractivity contribution in [3.05, 3.63) is 36.2 Å². The lowest BCUT2D eigenvalue weighted by atomic mass is 10.1. The van der Waals surface area contributed by atoms with Gasteiger partial charge in [0, 0.05) is 5.56 Å². The predicted molar refractivity (Wildman–Crippen MR) is 68.7 cm³/mol. The number of benzene rings is 1. The molecule has 0 saturated carbocycles. The molecular weight excluding hydrogens is 319 g/mol.